The maximum absolute atomic E-state index is 10.7. The number of aliphatic hydroxyl groups is 1. The van der Waals surface area contributed by atoms with Crippen molar-refractivity contribution in [3.8, 4) is 0 Å². The van der Waals surface area contributed by atoms with Crippen LogP contribution in [0.5, 0.6) is 0 Å². The highest BCUT2D eigenvalue weighted by Gasteiger charge is 2.46. The molecule has 0 aromatic heterocycles. The lowest BCUT2D eigenvalue weighted by Crippen LogP contribution is -2.43. The quantitative estimate of drug-likeness (QED) is 0.832. The summed E-state index contributed by atoms with van der Waals surface area (Å²) in [5.41, 5.74) is -0.0265. The molecule has 1 saturated heterocycles. The van der Waals surface area contributed by atoms with Gasteiger partial charge in [0.1, 0.15) is 0 Å². The Morgan fingerprint density at radius 2 is 2.12 bits per heavy atom. The lowest BCUT2D eigenvalue weighted by Gasteiger charge is -2.31. The van der Waals surface area contributed by atoms with Crippen molar-refractivity contribution < 1.29 is 5.11 Å². The first-order chi connectivity index (χ1) is 7.70. The number of hydrogen-bond acceptors (Lipinski definition) is 4. The van der Waals surface area contributed by atoms with Gasteiger partial charge in [0.05, 0.1) is 12.3 Å². The number of amidine groups is 1. The van der Waals surface area contributed by atoms with Crippen molar-refractivity contribution in [2.24, 2.45) is 4.99 Å². The molecule has 1 atom stereocenters. The van der Waals surface area contributed by atoms with Crippen LogP contribution < -0.4 is 0 Å². The minimum atomic E-state index is -0.912. The van der Waals surface area contributed by atoms with Crippen LogP contribution in [0, 0.1) is 0 Å². The Hall–Kier alpha value is -0.710. The SMILES string of the molecule is O[C@]1(c2ccc(Cl)cc2)CSC2=NCCN21. The molecule has 0 spiro atoms. The van der Waals surface area contributed by atoms with Crippen LogP contribution in [0.3, 0.4) is 0 Å². The van der Waals surface area contributed by atoms with E-state index in [1.54, 1.807) is 11.8 Å². The minimum absolute atomic E-state index is 0.632. The lowest BCUT2D eigenvalue weighted by molar-refractivity contribution is -0.0425. The summed E-state index contributed by atoms with van der Waals surface area (Å²) in [4.78, 5) is 6.33. The number of halogens is 1. The molecule has 3 rings (SSSR count). The molecule has 1 aromatic rings. The smallest absolute Gasteiger partial charge is 0.175 e. The molecule has 1 fully saturated rings. The summed E-state index contributed by atoms with van der Waals surface area (Å²) in [5, 5.41) is 12.3. The first-order valence-electron chi connectivity index (χ1n) is 5.13. The molecule has 84 valence electrons. The summed E-state index contributed by atoms with van der Waals surface area (Å²) >= 11 is 7.46. The molecule has 16 heavy (non-hydrogen) atoms. The Morgan fingerprint density at radius 3 is 2.88 bits per heavy atom. The van der Waals surface area contributed by atoms with Crippen molar-refractivity contribution in [1.29, 1.82) is 0 Å². The van der Waals surface area contributed by atoms with E-state index in [1.807, 2.05) is 29.2 Å². The molecule has 2 heterocycles. The molecular formula is C11H11ClN2OS. The van der Waals surface area contributed by atoms with Crippen LogP contribution in [-0.4, -0.2) is 34.0 Å². The van der Waals surface area contributed by atoms with Crippen LogP contribution in [0.2, 0.25) is 5.02 Å². The molecule has 2 aliphatic rings. The number of rotatable bonds is 1. The molecule has 0 unspecified atom stereocenters. The molecule has 0 radical (unpaired) electrons. The molecule has 5 heteroatoms. The van der Waals surface area contributed by atoms with Gasteiger partial charge in [0.15, 0.2) is 10.9 Å². The van der Waals surface area contributed by atoms with Gasteiger partial charge < -0.3 is 10.0 Å². The van der Waals surface area contributed by atoms with Crippen LogP contribution in [0.25, 0.3) is 0 Å². The molecular weight excluding hydrogens is 244 g/mol. The number of nitrogens with zero attached hydrogens (tertiary/aromatic N) is 2. The van der Waals surface area contributed by atoms with Gasteiger partial charge in [-0.25, -0.2) is 0 Å². The molecule has 1 aromatic carbocycles. The van der Waals surface area contributed by atoms with E-state index in [0.717, 1.165) is 23.8 Å². The van der Waals surface area contributed by atoms with Gasteiger partial charge in [0.2, 0.25) is 0 Å². The van der Waals surface area contributed by atoms with E-state index >= 15 is 0 Å². The van der Waals surface area contributed by atoms with E-state index in [2.05, 4.69) is 4.99 Å². The molecule has 0 saturated carbocycles. The summed E-state index contributed by atoms with van der Waals surface area (Å²) in [5.74, 6) is 0.632. The standard InChI is InChI=1S/C11H11ClN2OS/c12-9-3-1-8(2-4-9)11(15)7-16-10-13-5-6-14(10)11/h1-4,15H,5-7H2/t11-/m0/s1. The first kappa shape index (κ1) is 10.4. The predicted molar refractivity (Wildman–Crippen MR) is 66.8 cm³/mol. The van der Waals surface area contributed by atoms with E-state index in [9.17, 15) is 5.11 Å². The minimum Gasteiger partial charge on any atom is -0.366 e. The zero-order chi connectivity index (χ0) is 11.2. The highest BCUT2D eigenvalue weighted by atomic mass is 35.5. The average Bonchev–Trinajstić information content (AvgIpc) is 2.85. The molecule has 3 nitrogen and oxygen atoms in total. The predicted octanol–water partition coefficient (Wildman–Crippen LogP) is 1.90. The number of fused-ring (bicyclic) bond motifs is 1. The zero-order valence-corrected chi connectivity index (χ0v) is 10.1. The summed E-state index contributed by atoms with van der Waals surface area (Å²) in [6, 6.07) is 7.38. The number of aliphatic imine (C=N–C) groups is 1. The van der Waals surface area contributed by atoms with Crippen LogP contribution in [-0.2, 0) is 5.72 Å². The van der Waals surface area contributed by atoms with Gasteiger partial charge in [-0.15, -0.1) is 0 Å². The van der Waals surface area contributed by atoms with Gasteiger partial charge in [0, 0.05) is 17.1 Å². The number of thioether (sulfide) groups is 1. The van der Waals surface area contributed by atoms with Crippen LogP contribution >= 0.6 is 23.4 Å². The van der Waals surface area contributed by atoms with Crippen molar-refractivity contribution in [2.45, 2.75) is 5.72 Å². The molecule has 2 aliphatic heterocycles. The normalized spacial score (nSPS) is 28.1. The Balaban J connectivity index is 1.99. The fraction of sp³-hybridized carbons (Fsp3) is 0.364. The van der Waals surface area contributed by atoms with E-state index in [1.165, 1.54) is 0 Å². The maximum atomic E-state index is 10.7. The second kappa shape index (κ2) is 3.65. The second-order valence-corrected chi connectivity index (χ2v) is 5.31. The van der Waals surface area contributed by atoms with E-state index < -0.39 is 5.72 Å². The highest BCUT2D eigenvalue weighted by molar-refractivity contribution is 8.14. The van der Waals surface area contributed by atoms with Gasteiger partial charge in [-0.1, -0.05) is 35.5 Å². The van der Waals surface area contributed by atoms with Crippen LogP contribution in [0.1, 0.15) is 5.56 Å². The van der Waals surface area contributed by atoms with Crippen molar-refractivity contribution in [3.05, 3.63) is 34.9 Å². The molecule has 0 amide bonds. The van der Waals surface area contributed by atoms with E-state index in [4.69, 9.17) is 11.6 Å². The maximum Gasteiger partial charge on any atom is 0.175 e. The first-order valence-corrected chi connectivity index (χ1v) is 6.50. The number of hydrogen-bond donors (Lipinski definition) is 1. The molecule has 0 bridgehead atoms. The monoisotopic (exact) mass is 254 g/mol. The Kier molecular flexibility index (Phi) is 2.38. The Bertz CT molecular complexity index is 448. The van der Waals surface area contributed by atoms with Crippen molar-refractivity contribution in [3.63, 3.8) is 0 Å². The Labute approximate surface area is 103 Å². The van der Waals surface area contributed by atoms with Gasteiger partial charge in [-0.2, -0.15) is 0 Å². The average molecular weight is 255 g/mol. The summed E-state index contributed by atoms with van der Waals surface area (Å²) in [7, 11) is 0. The largest absolute Gasteiger partial charge is 0.366 e. The summed E-state index contributed by atoms with van der Waals surface area (Å²) in [6.45, 7) is 1.57. The van der Waals surface area contributed by atoms with Crippen LogP contribution in [0.15, 0.2) is 29.3 Å². The third-order valence-electron chi connectivity index (χ3n) is 2.96. The van der Waals surface area contributed by atoms with Gasteiger partial charge >= 0.3 is 0 Å². The van der Waals surface area contributed by atoms with Gasteiger partial charge in [-0.05, 0) is 12.1 Å². The van der Waals surface area contributed by atoms with Crippen molar-refractivity contribution in [2.75, 3.05) is 18.8 Å². The third-order valence-corrected chi connectivity index (χ3v) is 4.36. The fourth-order valence-corrected chi connectivity index (χ4v) is 3.45. The van der Waals surface area contributed by atoms with Gasteiger partial charge in [0.25, 0.3) is 0 Å². The van der Waals surface area contributed by atoms with Crippen molar-refractivity contribution >= 4 is 28.5 Å². The van der Waals surface area contributed by atoms with E-state index in [-0.39, 0.29) is 0 Å². The fourth-order valence-electron chi connectivity index (χ4n) is 2.09. The number of benzene rings is 1. The van der Waals surface area contributed by atoms with Crippen LogP contribution in [0.4, 0.5) is 0 Å². The highest BCUT2D eigenvalue weighted by Crippen LogP contribution is 2.40. The third kappa shape index (κ3) is 1.44. The zero-order valence-electron chi connectivity index (χ0n) is 8.56. The summed E-state index contributed by atoms with van der Waals surface area (Å²) < 4.78 is 0. The Morgan fingerprint density at radius 1 is 1.38 bits per heavy atom. The molecule has 1 N–H and O–H groups in total. The van der Waals surface area contributed by atoms with Crippen molar-refractivity contribution in [1.82, 2.24) is 4.90 Å². The second-order valence-electron chi connectivity index (χ2n) is 3.93. The van der Waals surface area contributed by atoms with E-state index in [0.29, 0.717) is 10.8 Å². The molecule has 0 aliphatic carbocycles. The van der Waals surface area contributed by atoms with Gasteiger partial charge in [-0.3, -0.25) is 4.99 Å². The topological polar surface area (TPSA) is 35.8 Å². The summed E-state index contributed by atoms with van der Waals surface area (Å²) in [6.07, 6.45) is 0. The lowest BCUT2D eigenvalue weighted by atomic mass is 10.0.